The molecule has 0 atom stereocenters. The van der Waals surface area contributed by atoms with Crippen molar-refractivity contribution in [3.63, 3.8) is 0 Å². The van der Waals surface area contributed by atoms with Gasteiger partial charge in [-0.15, -0.1) is 0 Å². The van der Waals surface area contributed by atoms with E-state index < -0.39 is 16.7 Å². The van der Waals surface area contributed by atoms with Gasteiger partial charge in [0.2, 0.25) is 17.8 Å². The van der Waals surface area contributed by atoms with Crippen LogP contribution >= 0.6 is 35.2 Å². The number of nitro benzene ring substituents is 1. The lowest BCUT2D eigenvalue weighted by atomic mass is 10.2. The van der Waals surface area contributed by atoms with Crippen molar-refractivity contribution in [1.82, 2.24) is 19.9 Å². The minimum Gasteiger partial charge on any atom is -0.332 e. The minimum absolute atomic E-state index is 0.0313. The second-order valence-corrected chi connectivity index (χ2v) is 10.4. The highest BCUT2D eigenvalue weighted by molar-refractivity contribution is 7.80. The fourth-order valence-electron chi connectivity index (χ4n) is 3.66. The Hall–Kier alpha value is -4.67. The molecule has 214 valence electrons. The lowest BCUT2D eigenvalue weighted by molar-refractivity contribution is -0.383. The first-order valence-electron chi connectivity index (χ1n) is 11.8. The topological polar surface area (TPSA) is 143 Å². The summed E-state index contributed by atoms with van der Waals surface area (Å²) in [6.07, 6.45) is -4.57. The molecule has 0 bridgehead atoms. The number of hydrogen-bond acceptors (Lipinski definition) is 10. The number of aromatic nitrogens is 4. The van der Waals surface area contributed by atoms with Gasteiger partial charge < -0.3 is 16.0 Å². The Morgan fingerprint density at radius 3 is 2.33 bits per heavy atom. The summed E-state index contributed by atoms with van der Waals surface area (Å²) in [5.41, 5.74) is 0.875. The van der Waals surface area contributed by atoms with Gasteiger partial charge in [0.1, 0.15) is 0 Å². The van der Waals surface area contributed by atoms with Crippen LogP contribution in [0.1, 0.15) is 11.1 Å². The zero-order chi connectivity index (χ0) is 30.0. The summed E-state index contributed by atoms with van der Waals surface area (Å²) >= 11 is 12.7. The molecular weight excluding hydrogens is 615 g/mol. The monoisotopic (exact) mass is 631 g/mol. The summed E-state index contributed by atoms with van der Waals surface area (Å²) in [5, 5.41) is 23.2. The van der Waals surface area contributed by atoms with E-state index in [9.17, 15) is 23.3 Å². The predicted molar refractivity (Wildman–Crippen MR) is 160 cm³/mol. The molecule has 11 nitrogen and oxygen atoms in total. The number of anilines is 6. The molecule has 2 heterocycles. The van der Waals surface area contributed by atoms with Crippen LogP contribution in [-0.4, -0.2) is 30.0 Å². The van der Waals surface area contributed by atoms with E-state index in [4.69, 9.17) is 23.8 Å². The molecule has 4 N–H and O–H groups in total. The predicted octanol–water partition coefficient (Wildman–Crippen LogP) is 7.67. The Balaban J connectivity index is 1.47. The number of non-ortho nitro benzene ring substituents is 1. The molecule has 2 aromatic heterocycles. The van der Waals surface area contributed by atoms with Crippen molar-refractivity contribution in [3.05, 3.63) is 86.9 Å². The summed E-state index contributed by atoms with van der Waals surface area (Å²) in [6, 6.07) is 14.8. The number of aryl methyl sites for hydroxylation is 1. The van der Waals surface area contributed by atoms with Gasteiger partial charge in [0.05, 0.1) is 25.9 Å². The molecule has 17 heteroatoms. The van der Waals surface area contributed by atoms with Crippen molar-refractivity contribution in [2.45, 2.75) is 13.1 Å². The van der Waals surface area contributed by atoms with E-state index in [0.29, 0.717) is 4.70 Å². The molecule has 3 aromatic carbocycles. The van der Waals surface area contributed by atoms with Crippen LogP contribution in [0.2, 0.25) is 5.02 Å². The maximum absolute atomic E-state index is 13.1. The molecule has 0 saturated carbocycles. The summed E-state index contributed by atoms with van der Waals surface area (Å²) in [4.78, 5) is 28.0. The molecule has 0 radical (unpaired) electrons. The number of nitrogens with zero attached hydrogens (tertiary/aromatic N) is 5. The smallest absolute Gasteiger partial charge is 0.332 e. The SMILES string of the molecule is Cc1ccccc1NC(=S)Nc1nc(Nc2nc3c([N+](=O)[O-])cccc3s2)nc(Nc2ccc(C(F)(F)F)cc2Cl)n1. The molecule has 0 unspecified atom stereocenters. The minimum atomic E-state index is -4.57. The number of halogens is 4. The van der Waals surface area contributed by atoms with Crippen LogP contribution in [0.4, 0.5) is 53.2 Å². The number of nitro groups is 1. The fourth-order valence-corrected chi connectivity index (χ4v) is 4.97. The van der Waals surface area contributed by atoms with Gasteiger partial charge in [-0.25, -0.2) is 4.98 Å². The number of fused-ring (bicyclic) bond motifs is 1. The van der Waals surface area contributed by atoms with Gasteiger partial charge in [0, 0.05) is 11.8 Å². The molecule has 0 saturated heterocycles. The number of alkyl halides is 3. The summed E-state index contributed by atoms with van der Waals surface area (Å²) in [5.74, 6) is -0.169. The number of para-hydroxylation sites is 2. The Kier molecular flexibility index (Phi) is 8.02. The second kappa shape index (κ2) is 11.7. The lowest BCUT2D eigenvalue weighted by Crippen LogP contribution is -2.22. The number of thiazole rings is 1. The summed E-state index contributed by atoms with van der Waals surface area (Å²) < 4.78 is 39.9. The standard InChI is InChI=1S/C25H17ClF3N9O2S2/c1-12-5-2-3-6-15(12)31-23(41)36-21-33-20(30-16-10-9-13(11-14(16)26)25(27,28)29)34-22(35-21)37-24-32-19-17(38(39)40)7-4-8-18(19)42-24/h2-11H,1H3,(H4,30,31,32,33,34,35,36,37,41). The number of rotatable bonds is 7. The highest BCUT2D eigenvalue weighted by atomic mass is 35.5. The van der Waals surface area contributed by atoms with Crippen LogP contribution in [-0.2, 0) is 6.18 Å². The van der Waals surface area contributed by atoms with Crippen LogP contribution in [0.25, 0.3) is 10.2 Å². The molecule has 0 spiro atoms. The van der Waals surface area contributed by atoms with Gasteiger partial charge >= 0.3 is 6.18 Å². The van der Waals surface area contributed by atoms with Crippen molar-refractivity contribution < 1.29 is 18.1 Å². The van der Waals surface area contributed by atoms with Crippen molar-refractivity contribution in [3.8, 4) is 0 Å². The van der Waals surface area contributed by atoms with Crippen molar-refractivity contribution in [1.29, 1.82) is 0 Å². The molecule has 5 rings (SSSR count). The van der Waals surface area contributed by atoms with E-state index >= 15 is 0 Å². The number of hydrogen-bond donors (Lipinski definition) is 4. The Labute approximate surface area is 249 Å². The van der Waals surface area contributed by atoms with Gasteiger partial charge in [0.25, 0.3) is 5.69 Å². The lowest BCUT2D eigenvalue weighted by Gasteiger charge is -2.14. The third-order valence-electron chi connectivity index (χ3n) is 5.61. The highest BCUT2D eigenvalue weighted by Gasteiger charge is 2.31. The van der Waals surface area contributed by atoms with Gasteiger partial charge in [-0.2, -0.15) is 28.1 Å². The molecule has 42 heavy (non-hydrogen) atoms. The first-order chi connectivity index (χ1) is 20.0. The summed E-state index contributed by atoms with van der Waals surface area (Å²) in [7, 11) is 0. The third-order valence-corrected chi connectivity index (χ3v) is 7.06. The van der Waals surface area contributed by atoms with Gasteiger partial charge in [0.15, 0.2) is 15.8 Å². The zero-order valence-corrected chi connectivity index (χ0v) is 23.5. The molecular formula is C25H17ClF3N9O2S2. The Morgan fingerprint density at radius 2 is 1.64 bits per heavy atom. The van der Waals surface area contributed by atoms with Gasteiger partial charge in [-0.3, -0.25) is 15.4 Å². The average molecular weight is 632 g/mol. The fraction of sp³-hybridized carbons (Fsp3) is 0.0800. The molecule has 0 aliphatic carbocycles. The maximum Gasteiger partial charge on any atom is 0.416 e. The highest BCUT2D eigenvalue weighted by Crippen LogP contribution is 2.35. The Morgan fingerprint density at radius 1 is 0.929 bits per heavy atom. The van der Waals surface area contributed by atoms with E-state index in [1.807, 2.05) is 31.2 Å². The molecule has 0 aliphatic rings. The molecule has 5 aromatic rings. The first-order valence-corrected chi connectivity index (χ1v) is 13.4. The van der Waals surface area contributed by atoms with Crippen LogP contribution in [0.3, 0.4) is 0 Å². The Bertz CT molecular complexity index is 1840. The first kappa shape index (κ1) is 28.8. The van der Waals surface area contributed by atoms with Crippen molar-refractivity contribution in [2.75, 3.05) is 21.3 Å². The molecule has 0 amide bonds. The van der Waals surface area contributed by atoms with E-state index in [1.54, 1.807) is 12.1 Å². The summed E-state index contributed by atoms with van der Waals surface area (Å²) in [6.45, 7) is 1.90. The number of nitrogens with one attached hydrogen (secondary N) is 4. The molecule has 0 fully saturated rings. The number of benzene rings is 3. The normalized spacial score (nSPS) is 11.3. The van der Waals surface area contributed by atoms with Crippen molar-refractivity contribution >= 4 is 90.5 Å². The van der Waals surface area contributed by atoms with Crippen LogP contribution in [0, 0.1) is 17.0 Å². The molecule has 0 aliphatic heterocycles. The van der Waals surface area contributed by atoms with Gasteiger partial charge in [-0.05, 0) is 55.0 Å². The third kappa shape index (κ3) is 6.62. The van der Waals surface area contributed by atoms with E-state index in [-0.39, 0.29) is 50.0 Å². The van der Waals surface area contributed by atoms with Crippen LogP contribution in [0.5, 0.6) is 0 Å². The van der Waals surface area contributed by atoms with Crippen LogP contribution < -0.4 is 21.3 Å². The van der Waals surface area contributed by atoms with E-state index in [2.05, 4.69) is 41.2 Å². The zero-order valence-electron chi connectivity index (χ0n) is 21.2. The van der Waals surface area contributed by atoms with Crippen molar-refractivity contribution in [2.24, 2.45) is 0 Å². The van der Waals surface area contributed by atoms with E-state index in [0.717, 1.165) is 40.8 Å². The largest absolute Gasteiger partial charge is 0.416 e. The van der Waals surface area contributed by atoms with E-state index in [1.165, 1.54) is 6.07 Å². The quantitative estimate of drug-likeness (QED) is 0.0798. The second-order valence-electron chi connectivity index (χ2n) is 8.54. The maximum atomic E-state index is 13.1. The average Bonchev–Trinajstić information content (AvgIpc) is 3.32. The number of thiocarbonyl (C=S) groups is 1. The van der Waals surface area contributed by atoms with Gasteiger partial charge in [-0.1, -0.05) is 47.2 Å². The van der Waals surface area contributed by atoms with Crippen LogP contribution in [0.15, 0.2) is 60.7 Å².